The van der Waals surface area contributed by atoms with Crippen LogP contribution < -0.4 is 14.8 Å². The predicted molar refractivity (Wildman–Crippen MR) is 90.2 cm³/mol. The highest BCUT2D eigenvalue weighted by Gasteiger charge is 2.23. The number of rotatable bonds is 12. The Bertz CT molecular complexity index is 462. The summed E-state index contributed by atoms with van der Waals surface area (Å²) in [5.41, 5.74) is 1.17. The van der Waals surface area contributed by atoms with Crippen molar-refractivity contribution in [1.82, 2.24) is 5.32 Å². The number of methoxy groups -OCH3 is 1. The summed E-state index contributed by atoms with van der Waals surface area (Å²) in [5.74, 6) is 1.61. The van der Waals surface area contributed by atoms with Crippen LogP contribution in [0.15, 0.2) is 18.2 Å². The van der Waals surface area contributed by atoms with Gasteiger partial charge in [0.1, 0.15) is 11.5 Å². The molecule has 0 radical (unpaired) electrons. The van der Waals surface area contributed by atoms with Gasteiger partial charge in [-0.05, 0) is 37.5 Å². The number of aliphatic hydroxyl groups excluding tert-OH is 1. The standard InChI is InChI=1S/C18H29NO4/c1-14(19-16-5-6-16)15-11-17(22-9-3-7-20)13-18(12-15)23-10-4-8-21-2/h11-14,16,19-20H,3-10H2,1-2H3. The smallest absolute Gasteiger partial charge is 0.123 e. The summed E-state index contributed by atoms with van der Waals surface area (Å²) in [6.07, 6.45) is 4.01. The number of aliphatic hydroxyl groups is 1. The molecule has 23 heavy (non-hydrogen) atoms. The largest absolute Gasteiger partial charge is 0.493 e. The average Bonchev–Trinajstić information content (AvgIpc) is 3.36. The van der Waals surface area contributed by atoms with E-state index in [1.165, 1.54) is 18.4 Å². The molecular weight excluding hydrogens is 294 g/mol. The van der Waals surface area contributed by atoms with Gasteiger partial charge in [-0.15, -0.1) is 0 Å². The van der Waals surface area contributed by atoms with Gasteiger partial charge in [-0.25, -0.2) is 0 Å². The quantitative estimate of drug-likeness (QED) is 0.579. The summed E-state index contributed by atoms with van der Waals surface area (Å²) < 4.78 is 16.6. The minimum atomic E-state index is 0.139. The van der Waals surface area contributed by atoms with Crippen molar-refractivity contribution in [1.29, 1.82) is 0 Å². The Morgan fingerprint density at radius 2 is 1.74 bits per heavy atom. The van der Waals surface area contributed by atoms with Gasteiger partial charge in [-0.1, -0.05) is 0 Å². The Labute approximate surface area is 138 Å². The highest BCUT2D eigenvalue weighted by molar-refractivity contribution is 5.40. The van der Waals surface area contributed by atoms with E-state index in [2.05, 4.69) is 24.4 Å². The van der Waals surface area contributed by atoms with Crippen molar-refractivity contribution in [2.45, 2.75) is 44.7 Å². The van der Waals surface area contributed by atoms with E-state index in [1.807, 2.05) is 6.07 Å². The molecule has 5 heteroatoms. The first-order chi connectivity index (χ1) is 11.2. The van der Waals surface area contributed by atoms with Crippen LogP contribution in [0.5, 0.6) is 11.5 Å². The molecule has 1 aliphatic rings. The molecule has 2 rings (SSSR count). The van der Waals surface area contributed by atoms with Gasteiger partial charge in [-0.3, -0.25) is 0 Å². The first kappa shape index (κ1) is 18.0. The van der Waals surface area contributed by atoms with Crippen LogP contribution in [0.25, 0.3) is 0 Å². The van der Waals surface area contributed by atoms with Crippen LogP contribution >= 0.6 is 0 Å². The molecule has 0 aromatic heterocycles. The van der Waals surface area contributed by atoms with E-state index in [4.69, 9.17) is 19.3 Å². The Kier molecular flexibility index (Phi) is 7.65. The molecule has 2 N–H and O–H groups in total. The number of benzene rings is 1. The highest BCUT2D eigenvalue weighted by Crippen LogP contribution is 2.29. The summed E-state index contributed by atoms with van der Waals surface area (Å²) in [6.45, 7) is 4.13. The minimum absolute atomic E-state index is 0.139. The fourth-order valence-corrected chi connectivity index (χ4v) is 2.36. The molecule has 0 heterocycles. The molecule has 1 aliphatic carbocycles. The Hall–Kier alpha value is -1.30. The number of ether oxygens (including phenoxy) is 3. The lowest BCUT2D eigenvalue weighted by Crippen LogP contribution is -2.20. The zero-order valence-corrected chi connectivity index (χ0v) is 14.2. The Morgan fingerprint density at radius 3 is 2.30 bits per heavy atom. The monoisotopic (exact) mass is 323 g/mol. The molecule has 130 valence electrons. The maximum Gasteiger partial charge on any atom is 0.123 e. The summed E-state index contributed by atoms with van der Waals surface area (Å²) in [5, 5.41) is 12.5. The van der Waals surface area contributed by atoms with Crippen molar-refractivity contribution in [3.63, 3.8) is 0 Å². The van der Waals surface area contributed by atoms with E-state index in [0.717, 1.165) is 17.9 Å². The van der Waals surface area contributed by atoms with Gasteiger partial charge in [0, 0.05) is 51.3 Å². The van der Waals surface area contributed by atoms with Crippen LogP contribution in [-0.2, 0) is 4.74 Å². The first-order valence-corrected chi connectivity index (χ1v) is 8.49. The SMILES string of the molecule is COCCCOc1cc(OCCCO)cc(C(C)NC2CC2)c1. The van der Waals surface area contributed by atoms with Crippen LogP contribution in [0, 0.1) is 0 Å². The van der Waals surface area contributed by atoms with Gasteiger partial charge < -0.3 is 24.6 Å². The van der Waals surface area contributed by atoms with Crippen molar-refractivity contribution in [2.75, 3.05) is 33.5 Å². The summed E-state index contributed by atoms with van der Waals surface area (Å²) in [7, 11) is 1.69. The number of nitrogens with one attached hydrogen (secondary N) is 1. The fraction of sp³-hybridized carbons (Fsp3) is 0.667. The van der Waals surface area contributed by atoms with E-state index < -0.39 is 0 Å². The molecule has 5 nitrogen and oxygen atoms in total. The maximum absolute atomic E-state index is 8.89. The first-order valence-electron chi connectivity index (χ1n) is 8.49. The molecule has 1 atom stereocenters. The number of hydrogen-bond donors (Lipinski definition) is 2. The summed E-state index contributed by atoms with van der Waals surface area (Å²) >= 11 is 0. The van der Waals surface area contributed by atoms with Crippen molar-refractivity contribution in [2.24, 2.45) is 0 Å². The fourth-order valence-electron chi connectivity index (χ4n) is 2.36. The average molecular weight is 323 g/mol. The second-order valence-corrected chi connectivity index (χ2v) is 6.02. The van der Waals surface area contributed by atoms with Gasteiger partial charge in [0.05, 0.1) is 13.2 Å². The second-order valence-electron chi connectivity index (χ2n) is 6.02. The van der Waals surface area contributed by atoms with Crippen LogP contribution in [0.3, 0.4) is 0 Å². The zero-order valence-electron chi connectivity index (χ0n) is 14.2. The van der Waals surface area contributed by atoms with Crippen LogP contribution in [0.1, 0.15) is 44.2 Å². The second kappa shape index (κ2) is 9.75. The molecule has 1 aromatic rings. The van der Waals surface area contributed by atoms with Crippen LogP contribution in [0.4, 0.5) is 0 Å². The summed E-state index contributed by atoms with van der Waals surface area (Å²) in [4.78, 5) is 0. The van der Waals surface area contributed by atoms with Crippen molar-refractivity contribution < 1.29 is 19.3 Å². The molecule has 1 fully saturated rings. The van der Waals surface area contributed by atoms with Gasteiger partial charge in [-0.2, -0.15) is 0 Å². The Balaban J connectivity index is 2.00. The minimum Gasteiger partial charge on any atom is -0.493 e. The molecular formula is C18H29NO4. The van der Waals surface area contributed by atoms with Gasteiger partial charge in [0.25, 0.3) is 0 Å². The van der Waals surface area contributed by atoms with Crippen molar-refractivity contribution >= 4 is 0 Å². The van der Waals surface area contributed by atoms with Crippen molar-refractivity contribution in [3.05, 3.63) is 23.8 Å². The third kappa shape index (κ3) is 6.77. The van der Waals surface area contributed by atoms with Crippen LogP contribution in [0.2, 0.25) is 0 Å². The van der Waals surface area contributed by atoms with Gasteiger partial charge >= 0.3 is 0 Å². The third-order valence-electron chi connectivity index (χ3n) is 3.80. The van der Waals surface area contributed by atoms with Crippen LogP contribution in [-0.4, -0.2) is 44.7 Å². The van der Waals surface area contributed by atoms with Gasteiger partial charge in [0.15, 0.2) is 0 Å². The molecule has 0 aliphatic heterocycles. The lowest BCUT2D eigenvalue weighted by molar-refractivity contribution is 0.172. The lowest BCUT2D eigenvalue weighted by Gasteiger charge is -2.17. The predicted octanol–water partition coefficient (Wildman–Crippen LogP) is 2.68. The molecule has 0 bridgehead atoms. The molecule has 1 saturated carbocycles. The van der Waals surface area contributed by atoms with E-state index in [9.17, 15) is 0 Å². The summed E-state index contributed by atoms with van der Waals surface area (Å²) in [6, 6.07) is 6.96. The van der Waals surface area contributed by atoms with Crippen molar-refractivity contribution in [3.8, 4) is 11.5 Å². The molecule has 0 saturated heterocycles. The molecule has 1 aromatic carbocycles. The van der Waals surface area contributed by atoms with E-state index in [-0.39, 0.29) is 12.6 Å². The highest BCUT2D eigenvalue weighted by atomic mass is 16.5. The Morgan fingerprint density at radius 1 is 1.09 bits per heavy atom. The molecule has 1 unspecified atom stereocenters. The normalized spacial score (nSPS) is 15.4. The zero-order chi connectivity index (χ0) is 16.5. The maximum atomic E-state index is 8.89. The van der Waals surface area contributed by atoms with E-state index in [0.29, 0.717) is 32.3 Å². The van der Waals surface area contributed by atoms with Gasteiger partial charge in [0.2, 0.25) is 0 Å². The van der Waals surface area contributed by atoms with E-state index >= 15 is 0 Å². The lowest BCUT2D eigenvalue weighted by atomic mass is 10.1. The molecule has 0 spiro atoms. The molecule has 0 amide bonds. The number of hydrogen-bond acceptors (Lipinski definition) is 5. The topological polar surface area (TPSA) is 60.0 Å². The van der Waals surface area contributed by atoms with E-state index in [1.54, 1.807) is 7.11 Å². The third-order valence-corrected chi connectivity index (χ3v) is 3.80.